The van der Waals surface area contributed by atoms with Gasteiger partial charge in [0.05, 0.1) is 0 Å². The first-order chi connectivity index (χ1) is 14.2. The molecule has 0 aliphatic heterocycles. The molecule has 0 heterocycles. The van der Waals surface area contributed by atoms with Gasteiger partial charge in [-0.1, -0.05) is 0 Å². The SMILES string of the molecule is CC1=Cc2c(C(C)C)ccc(C)c2[CH]1[Zr+2]([CH]1C(C(C)C)=Cc2ccccc21)=[Si](C)C.[Cl-].[Cl-]. The molecule has 2 aromatic carbocycles. The molecule has 2 unspecified atom stereocenters. The van der Waals surface area contributed by atoms with Crippen molar-refractivity contribution < 1.29 is 45.2 Å². The number of hydrogen-bond donors (Lipinski definition) is 0. The van der Waals surface area contributed by atoms with Gasteiger partial charge in [-0.15, -0.1) is 0 Å². The Labute approximate surface area is 216 Å². The maximum atomic E-state index is 2.63. The number of rotatable bonds is 4. The molecule has 0 aromatic heterocycles. The quantitative estimate of drug-likeness (QED) is 0.502. The summed E-state index contributed by atoms with van der Waals surface area (Å²) in [5.41, 5.74) is 12.6. The van der Waals surface area contributed by atoms with Gasteiger partial charge in [0.1, 0.15) is 0 Å². The number of aryl methyl sites for hydroxylation is 1. The number of benzene rings is 2. The zero-order chi connectivity index (χ0) is 21.7. The van der Waals surface area contributed by atoms with Crippen LogP contribution in [-0.2, 0) is 20.4 Å². The minimum atomic E-state index is -1.94. The van der Waals surface area contributed by atoms with Crippen LogP contribution in [0, 0.1) is 12.8 Å². The third-order valence-electron chi connectivity index (χ3n) is 7.11. The van der Waals surface area contributed by atoms with E-state index in [1.54, 1.807) is 33.4 Å². The molecule has 0 bridgehead atoms. The summed E-state index contributed by atoms with van der Waals surface area (Å²) >= 11 is -1.94. The summed E-state index contributed by atoms with van der Waals surface area (Å²) in [6, 6.07) is 14.1. The normalized spacial score (nSPS) is 18.2. The molecule has 32 heavy (non-hydrogen) atoms. The molecule has 2 atom stereocenters. The number of halogens is 2. The van der Waals surface area contributed by atoms with E-state index in [-0.39, 0.29) is 30.2 Å². The smallest absolute Gasteiger partial charge is 1.00 e. The zero-order valence-electron chi connectivity index (χ0n) is 20.7. The van der Waals surface area contributed by atoms with Gasteiger partial charge < -0.3 is 24.8 Å². The van der Waals surface area contributed by atoms with E-state index in [4.69, 9.17) is 0 Å². The van der Waals surface area contributed by atoms with Crippen molar-refractivity contribution in [1.29, 1.82) is 0 Å². The fourth-order valence-corrected chi connectivity index (χ4v) is 26.8. The summed E-state index contributed by atoms with van der Waals surface area (Å²) < 4.78 is 1.48. The molecule has 170 valence electrons. The van der Waals surface area contributed by atoms with E-state index in [0.717, 1.165) is 7.25 Å². The number of fused-ring (bicyclic) bond motifs is 2. The molecule has 0 saturated heterocycles. The van der Waals surface area contributed by atoms with E-state index in [2.05, 4.69) is 103 Å². The van der Waals surface area contributed by atoms with Crippen LogP contribution in [0.1, 0.15) is 81.2 Å². The third-order valence-corrected chi connectivity index (χ3v) is 26.7. The number of hydrogen-bond acceptors (Lipinski definition) is 0. The molecule has 0 saturated carbocycles. The summed E-state index contributed by atoms with van der Waals surface area (Å²) in [4.78, 5) is 0. The monoisotopic (exact) mass is 560 g/mol. The maximum absolute atomic E-state index is 2.63. The Morgan fingerprint density at radius 3 is 2.06 bits per heavy atom. The predicted molar refractivity (Wildman–Crippen MR) is 131 cm³/mol. The molecule has 4 heteroatoms. The van der Waals surface area contributed by atoms with Gasteiger partial charge in [0, 0.05) is 0 Å². The van der Waals surface area contributed by atoms with Crippen LogP contribution in [0.3, 0.4) is 0 Å². The van der Waals surface area contributed by atoms with Crippen LogP contribution >= 0.6 is 0 Å². The van der Waals surface area contributed by atoms with E-state index in [0.29, 0.717) is 11.8 Å². The Bertz CT molecular complexity index is 1100. The van der Waals surface area contributed by atoms with Crippen molar-refractivity contribution in [3.05, 3.63) is 80.9 Å². The van der Waals surface area contributed by atoms with Crippen molar-refractivity contribution >= 4 is 17.6 Å². The molecule has 2 aliphatic rings. The molecule has 0 amide bonds. The van der Waals surface area contributed by atoms with E-state index in [9.17, 15) is 0 Å². The van der Waals surface area contributed by atoms with Gasteiger partial charge in [-0.3, -0.25) is 0 Å². The Morgan fingerprint density at radius 2 is 1.47 bits per heavy atom. The summed E-state index contributed by atoms with van der Waals surface area (Å²) in [7, 11) is 0. The molecule has 2 aromatic rings. The first-order valence-corrected chi connectivity index (χ1v) is 20.5. The largest absolute Gasteiger partial charge is 1.00 e. The second-order valence-corrected chi connectivity index (χ2v) is 28.0. The molecule has 0 fully saturated rings. The minimum absolute atomic E-state index is 0. The first kappa shape index (κ1) is 27.8. The standard InChI is InChI=1S/C14H17.C12H13.C2H6Si.2ClH.Zr/c1-9(2)12-6-5-11(4)13-7-10(3)8-14(12)13;1-9(2)12-7-10-5-3-4-6-11(10)8-12;1-3-2;;;/h5-9H,1-4H3;3-9H,1-2H3;1-2H3;2*1H;/q;;;;;+2/p-2. The second-order valence-electron chi connectivity index (χ2n) is 10.1. The predicted octanol–water partition coefficient (Wildman–Crippen LogP) is 2.25. The van der Waals surface area contributed by atoms with Crippen molar-refractivity contribution in [3.8, 4) is 0 Å². The zero-order valence-corrected chi connectivity index (χ0v) is 25.7. The third kappa shape index (κ3) is 4.72. The van der Waals surface area contributed by atoms with Crippen molar-refractivity contribution in [2.24, 2.45) is 5.92 Å². The van der Waals surface area contributed by atoms with Gasteiger partial charge in [-0.05, 0) is 0 Å². The van der Waals surface area contributed by atoms with Gasteiger partial charge in [0.15, 0.2) is 0 Å². The molecule has 0 radical (unpaired) electrons. The van der Waals surface area contributed by atoms with Crippen molar-refractivity contribution in [2.45, 2.75) is 67.8 Å². The second kappa shape index (κ2) is 10.9. The van der Waals surface area contributed by atoms with Gasteiger partial charge in [-0.25, -0.2) is 0 Å². The Morgan fingerprint density at radius 1 is 0.812 bits per heavy atom. The minimum Gasteiger partial charge on any atom is -1.00 e. The van der Waals surface area contributed by atoms with Crippen LogP contribution in [0.4, 0.5) is 0 Å². The molecule has 0 nitrogen and oxygen atoms in total. The summed E-state index contributed by atoms with van der Waals surface area (Å²) in [6.45, 7) is 19.6. The Kier molecular flexibility index (Phi) is 9.48. The van der Waals surface area contributed by atoms with E-state index >= 15 is 0 Å². The van der Waals surface area contributed by atoms with Crippen LogP contribution < -0.4 is 24.8 Å². The van der Waals surface area contributed by atoms with Gasteiger partial charge in [0.2, 0.25) is 0 Å². The molecule has 0 N–H and O–H groups in total. The average molecular weight is 563 g/mol. The Hall–Kier alpha value is -0.400. The summed E-state index contributed by atoms with van der Waals surface area (Å²) in [6.07, 6.45) is 5.13. The Balaban J connectivity index is 0.00000181. The van der Waals surface area contributed by atoms with Gasteiger partial charge in [-0.2, -0.15) is 0 Å². The topological polar surface area (TPSA) is 0 Å². The van der Waals surface area contributed by atoms with Gasteiger partial charge >= 0.3 is 193 Å². The molecule has 0 spiro atoms. The van der Waals surface area contributed by atoms with Crippen LogP contribution in [0.2, 0.25) is 13.1 Å². The number of allylic oxidation sites excluding steroid dienone is 2. The van der Waals surface area contributed by atoms with Crippen LogP contribution in [0.25, 0.3) is 12.2 Å². The summed E-state index contributed by atoms with van der Waals surface area (Å²) in [5, 5.41) is 0. The van der Waals surface area contributed by atoms with Crippen LogP contribution in [0.5, 0.6) is 0 Å². The summed E-state index contributed by atoms with van der Waals surface area (Å²) in [5.74, 6) is 1.22. The fraction of sp³-hybridized carbons (Fsp3) is 0.429. The average Bonchev–Trinajstić information content (AvgIpc) is 3.22. The van der Waals surface area contributed by atoms with Crippen LogP contribution in [0.15, 0.2) is 47.5 Å². The van der Waals surface area contributed by atoms with E-state index in [1.807, 2.05) is 0 Å². The van der Waals surface area contributed by atoms with Gasteiger partial charge in [0.25, 0.3) is 0 Å². The van der Waals surface area contributed by atoms with Crippen molar-refractivity contribution in [2.75, 3.05) is 0 Å². The van der Waals surface area contributed by atoms with E-state index < -0.39 is 20.4 Å². The molecular weight excluding hydrogens is 527 g/mol. The van der Waals surface area contributed by atoms with Crippen molar-refractivity contribution in [1.82, 2.24) is 0 Å². The van der Waals surface area contributed by atoms with Crippen LogP contribution in [-0.4, -0.2) is 5.43 Å². The van der Waals surface area contributed by atoms with E-state index in [1.165, 1.54) is 11.1 Å². The molecular formula is C28H36Cl2SiZr. The van der Waals surface area contributed by atoms with Crippen molar-refractivity contribution in [3.63, 3.8) is 0 Å². The molecule has 2 aliphatic carbocycles. The fourth-order valence-electron chi connectivity index (χ4n) is 5.69. The first-order valence-electron chi connectivity index (χ1n) is 11.5. The molecule has 4 rings (SSSR count). The maximum Gasteiger partial charge on any atom is -1.00 e.